The van der Waals surface area contributed by atoms with Crippen molar-refractivity contribution in [2.45, 2.75) is 57.8 Å². The first kappa shape index (κ1) is 30.9. The van der Waals surface area contributed by atoms with E-state index in [1.165, 1.54) is 55.8 Å². The van der Waals surface area contributed by atoms with Crippen molar-refractivity contribution in [2.75, 3.05) is 18.5 Å². The molecule has 0 radical (unpaired) electrons. The Morgan fingerprint density at radius 3 is 2.02 bits per heavy atom. The number of nitrogens with zero attached hydrogens (tertiary/aromatic N) is 2. The highest BCUT2D eigenvalue weighted by Gasteiger charge is 2.48. The van der Waals surface area contributed by atoms with E-state index in [4.69, 9.17) is 0 Å². The summed E-state index contributed by atoms with van der Waals surface area (Å²) < 4.78 is 2.43. The van der Waals surface area contributed by atoms with Crippen LogP contribution in [-0.4, -0.2) is 23.9 Å². The van der Waals surface area contributed by atoms with Crippen LogP contribution in [0.25, 0.3) is 10.8 Å². The third-order valence-corrected chi connectivity index (χ3v) is 10.6. The van der Waals surface area contributed by atoms with Gasteiger partial charge in [0.2, 0.25) is 5.69 Å². The number of benzene rings is 5. The minimum atomic E-state index is -0.190. The Hall–Kier alpha value is -4.69. The van der Waals surface area contributed by atoms with Gasteiger partial charge in [-0.1, -0.05) is 123 Å². The first-order valence-electron chi connectivity index (χ1n) is 17.3. The molecule has 0 aromatic heterocycles. The molecule has 2 unspecified atom stereocenters. The van der Waals surface area contributed by atoms with Gasteiger partial charge in [-0.25, -0.2) is 0 Å². The Morgan fingerprint density at radius 2 is 1.32 bits per heavy atom. The SMILES string of the molecule is CC(C)CCN1/C(=C/C=C/C2=[N+](C)c3ccc4ccccc4c3C2(C)Cc2ccccc2)C(C)(Cc2ccccc2)c2ccccc21. The van der Waals surface area contributed by atoms with Gasteiger partial charge in [0.05, 0.1) is 5.41 Å². The molecular formula is C45H47N2+. The second-order valence-corrected chi connectivity index (χ2v) is 14.4. The van der Waals surface area contributed by atoms with E-state index in [1.807, 2.05) is 0 Å². The number of allylic oxidation sites excluding steroid dienone is 4. The molecule has 2 atom stereocenters. The van der Waals surface area contributed by atoms with Gasteiger partial charge in [-0.3, -0.25) is 0 Å². The number of fused-ring (bicyclic) bond motifs is 4. The van der Waals surface area contributed by atoms with Crippen LogP contribution in [0.4, 0.5) is 11.4 Å². The molecule has 5 aromatic rings. The molecule has 2 heteroatoms. The summed E-state index contributed by atoms with van der Waals surface area (Å²) in [6, 6.07) is 44.5. The second-order valence-electron chi connectivity index (χ2n) is 14.4. The number of para-hydroxylation sites is 1. The Bertz CT molecular complexity index is 2000. The van der Waals surface area contributed by atoms with Gasteiger partial charge in [-0.2, -0.15) is 4.58 Å². The normalized spacial score (nSPS) is 21.4. The monoisotopic (exact) mass is 615 g/mol. The molecule has 236 valence electrons. The molecule has 2 aliphatic rings. The molecule has 0 fully saturated rings. The fraction of sp³-hybridized carbons (Fsp3) is 0.267. The zero-order chi connectivity index (χ0) is 32.6. The number of hydrogen-bond acceptors (Lipinski definition) is 1. The topological polar surface area (TPSA) is 6.25 Å². The summed E-state index contributed by atoms with van der Waals surface area (Å²) in [5.74, 6) is 0.634. The van der Waals surface area contributed by atoms with Crippen LogP contribution < -0.4 is 4.90 Å². The maximum Gasteiger partial charge on any atom is 0.210 e. The summed E-state index contributed by atoms with van der Waals surface area (Å²) in [5.41, 5.74) is 10.6. The van der Waals surface area contributed by atoms with Crippen LogP contribution in [0.15, 0.2) is 145 Å². The first-order valence-corrected chi connectivity index (χ1v) is 17.3. The molecule has 0 saturated heterocycles. The van der Waals surface area contributed by atoms with E-state index < -0.39 is 0 Å². The van der Waals surface area contributed by atoms with Crippen LogP contribution in [0.5, 0.6) is 0 Å². The average molecular weight is 616 g/mol. The molecule has 2 heterocycles. The average Bonchev–Trinajstić information content (AvgIpc) is 3.44. The lowest BCUT2D eigenvalue weighted by molar-refractivity contribution is -0.401. The van der Waals surface area contributed by atoms with Crippen LogP contribution in [0.1, 0.15) is 56.4 Å². The highest BCUT2D eigenvalue weighted by Crippen LogP contribution is 2.50. The highest BCUT2D eigenvalue weighted by molar-refractivity contribution is 6.08. The Labute approximate surface area is 281 Å². The van der Waals surface area contributed by atoms with Gasteiger partial charge < -0.3 is 4.90 Å². The van der Waals surface area contributed by atoms with Gasteiger partial charge in [0.25, 0.3) is 0 Å². The Balaban J connectivity index is 1.35. The Morgan fingerprint density at radius 1 is 0.702 bits per heavy atom. The van der Waals surface area contributed by atoms with E-state index in [2.05, 4.69) is 184 Å². The molecule has 5 aromatic carbocycles. The van der Waals surface area contributed by atoms with Crippen molar-refractivity contribution in [2.24, 2.45) is 5.92 Å². The molecular weight excluding hydrogens is 569 g/mol. The van der Waals surface area contributed by atoms with E-state index in [0.717, 1.165) is 25.8 Å². The number of hydrogen-bond donors (Lipinski definition) is 0. The highest BCUT2D eigenvalue weighted by atomic mass is 15.2. The molecule has 47 heavy (non-hydrogen) atoms. The van der Waals surface area contributed by atoms with Crippen LogP contribution >= 0.6 is 0 Å². The molecule has 0 amide bonds. The summed E-state index contributed by atoms with van der Waals surface area (Å²) in [5, 5.41) is 2.64. The van der Waals surface area contributed by atoms with Gasteiger partial charge >= 0.3 is 0 Å². The largest absolute Gasteiger partial charge is 0.344 e. The molecule has 2 nitrogen and oxygen atoms in total. The van der Waals surface area contributed by atoms with Crippen molar-refractivity contribution in [3.05, 3.63) is 168 Å². The fourth-order valence-corrected chi connectivity index (χ4v) is 8.29. The van der Waals surface area contributed by atoms with Crippen molar-refractivity contribution in [1.82, 2.24) is 0 Å². The molecule has 0 saturated carbocycles. The lowest BCUT2D eigenvalue weighted by atomic mass is 9.73. The molecule has 0 bridgehead atoms. The lowest BCUT2D eigenvalue weighted by Crippen LogP contribution is -2.33. The number of anilines is 1. The minimum Gasteiger partial charge on any atom is -0.344 e. The lowest BCUT2D eigenvalue weighted by Gasteiger charge is -2.31. The maximum absolute atomic E-state index is 2.61. The van der Waals surface area contributed by atoms with Gasteiger partial charge in [0.1, 0.15) is 7.05 Å². The zero-order valence-corrected chi connectivity index (χ0v) is 28.6. The summed E-state index contributed by atoms with van der Waals surface area (Å²) in [6.45, 7) is 10.6. The zero-order valence-electron chi connectivity index (χ0n) is 28.6. The van der Waals surface area contributed by atoms with Crippen molar-refractivity contribution >= 4 is 27.9 Å². The molecule has 0 N–H and O–H groups in total. The van der Waals surface area contributed by atoms with Gasteiger partial charge in [-0.05, 0) is 84.7 Å². The van der Waals surface area contributed by atoms with Crippen molar-refractivity contribution in [1.29, 1.82) is 0 Å². The first-order chi connectivity index (χ1) is 22.8. The number of rotatable bonds is 9. The van der Waals surface area contributed by atoms with Crippen molar-refractivity contribution in [3.8, 4) is 0 Å². The van der Waals surface area contributed by atoms with Crippen LogP contribution in [-0.2, 0) is 23.7 Å². The minimum absolute atomic E-state index is 0.141. The summed E-state index contributed by atoms with van der Waals surface area (Å²) in [7, 11) is 2.25. The predicted molar refractivity (Wildman–Crippen MR) is 200 cm³/mol. The fourth-order valence-electron chi connectivity index (χ4n) is 8.29. The molecule has 7 rings (SSSR count). The van der Waals surface area contributed by atoms with E-state index in [0.29, 0.717) is 5.92 Å². The van der Waals surface area contributed by atoms with E-state index in [-0.39, 0.29) is 10.8 Å². The molecule has 2 aliphatic heterocycles. The molecule has 0 aliphatic carbocycles. The summed E-state index contributed by atoms with van der Waals surface area (Å²) in [4.78, 5) is 2.61. The van der Waals surface area contributed by atoms with Crippen molar-refractivity contribution < 1.29 is 4.58 Å². The predicted octanol–water partition coefficient (Wildman–Crippen LogP) is 10.6. The van der Waals surface area contributed by atoms with E-state index in [9.17, 15) is 0 Å². The van der Waals surface area contributed by atoms with E-state index >= 15 is 0 Å². The van der Waals surface area contributed by atoms with Crippen LogP contribution in [0, 0.1) is 5.92 Å². The molecule has 0 spiro atoms. The quantitative estimate of drug-likeness (QED) is 0.150. The maximum atomic E-state index is 2.61. The van der Waals surface area contributed by atoms with E-state index in [1.54, 1.807) is 0 Å². The summed E-state index contributed by atoms with van der Waals surface area (Å²) in [6.07, 6.45) is 10.2. The second kappa shape index (κ2) is 12.5. The van der Waals surface area contributed by atoms with Crippen LogP contribution in [0.3, 0.4) is 0 Å². The Kier molecular flexibility index (Phi) is 8.22. The smallest absolute Gasteiger partial charge is 0.210 e. The van der Waals surface area contributed by atoms with Gasteiger partial charge in [-0.15, -0.1) is 0 Å². The van der Waals surface area contributed by atoms with Gasteiger partial charge in [0, 0.05) is 41.1 Å². The summed E-state index contributed by atoms with van der Waals surface area (Å²) >= 11 is 0. The van der Waals surface area contributed by atoms with Crippen LogP contribution in [0.2, 0.25) is 0 Å². The van der Waals surface area contributed by atoms with Crippen molar-refractivity contribution in [3.63, 3.8) is 0 Å². The van der Waals surface area contributed by atoms with Gasteiger partial charge in [0.15, 0.2) is 5.71 Å². The third-order valence-electron chi connectivity index (χ3n) is 10.6. The standard InChI is InChI=1S/C45H47N2/c1-33(2)29-30-47-39-24-15-14-23-38(39)44(3,31-34-17-8-6-9-18-34)42(47)26-16-25-41-45(4,32-35-19-10-7-11-20-35)43-37-22-13-12-21-36(37)27-28-40(43)46(41)5/h6-28,33H,29-32H2,1-5H3/q+1. The third kappa shape index (κ3) is 5.54.